The molecule has 0 saturated carbocycles. The van der Waals surface area contributed by atoms with Crippen LogP contribution in [0.25, 0.3) is 0 Å². The molecule has 0 aromatic rings. The Morgan fingerprint density at radius 3 is 2.27 bits per heavy atom. The lowest BCUT2D eigenvalue weighted by Gasteiger charge is -2.17. The highest BCUT2D eigenvalue weighted by molar-refractivity contribution is 5.87. The first-order valence-electron chi connectivity index (χ1n) is 5.52. The van der Waals surface area contributed by atoms with E-state index in [0.29, 0.717) is 18.8 Å². The number of carbonyl (C=O) groups excluding carboxylic acids is 2. The summed E-state index contributed by atoms with van der Waals surface area (Å²) in [7, 11) is 1.58. The number of carbonyl (C=O) groups is 2. The van der Waals surface area contributed by atoms with E-state index in [2.05, 4.69) is 10.6 Å². The minimum atomic E-state index is -0.383. The van der Waals surface area contributed by atoms with E-state index in [1.807, 2.05) is 20.8 Å². The molecule has 0 radical (unpaired) electrons. The Bertz CT molecular complexity index is 215. The van der Waals surface area contributed by atoms with Gasteiger partial charge in [-0.1, -0.05) is 27.2 Å². The van der Waals surface area contributed by atoms with Crippen LogP contribution in [-0.4, -0.2) is 24.9 Å². The van der Waals surface area contributed by atoms with Gasteiger partial charge in [0.1, 0.15) is 6.04 Å². The molecule has 0 aromatic carbocycles. The van der Waals surface area contributed by atoms with Gasteiger partial charge in [0.05, 0.1) is 0 Å². The zero-order valence-electron chi connectivity index (χ0n) is 10.1. The Labute approximate surface area is 91.8 Å². The second kappa shape index (κ2) is 7.26. The van der Waals surface area contributed by atoms with Crippen LogP contribution in [0.4, 0.5) is 0 Å². The van der Waals surface area contributed by atoms with E-state index in [-0.39, 0.29) is 17.9 Å². The predicted molar refractivity (Wildman–Crippen MR) is 60.4 cm³/mol. The Morgan fingerprint density at radius 2 is 1.87 bits per heavy atom. The van der Waals surface area contributed by atoms with Crippen LogP contribution in [-0.2, 0) is 9.59 Å². The van der Waals surface area contributed by atoms with Gasteiger partial charge >= 0.3 is 0 Å². The van der Waals surface area contributed by atoms with Crippen molar-refractivity contribution >= 4 is 11.8 Å². The first-order chi connectivity index (χ1) is 7.01. The van der Waals surface area contributed by atoms with Gasteiger partial charge in [-0.2, -0.15) is 0 Å². The second-order valence-electron chi connectivity index (χ2n) is 4.12. The molecule has 0 saturated heterocycles. The van der Waals surface area contributed by atoms with Crippen LogP contribution in [0.2, 0.25) is 0 Å². The fourth-order valence-corrected chi connectivity index (χ4v) is 1.36. The molecule has 0 rings (SSSR count). The number of amides is 2. The largest absolute Gasteiger partial charge is 0.357 e. The van der Waals surface area contributed by atoms with Gasteiger partial charge in [0.15, 0.2) is 0 Å². The quantitative estimate of drug-likeness (QED) is 0.694. The molecule has 0 aliphatic rings. The third-order valence-corrected chi connectivity index (χ3v) is 2.07. The van der Waals surface area contributed by atoms with Crippen LogP contribution in [0, 0.1) is 5.92 Å². The molecular weight excluding hydrogens is 192 g/mol. The molecule has 4 nitrogen and oxygen atoms in total. The Balaban J connectivity index is 4.15. The van der Waals surface area contributed by atoms with Crippen molar-refractivity contribution in [3.8, 4) is 0 Å². The van der Waals surface area contributed by atoms with E-state index in [1.54, 1.807) is 7.05 Å². The molecule has 0 fully saturated rings. The SMILES string of the molecule is CCCC(NC(=O)CC(C)C)C(=O)NC. The van der Waals surface area contributed by atoms with E-state index in [4.69, 9.17) is 0 Å². The van der Waals surface area contributed by atoms with Crippen molar-refractivity contribution in [2.45, 2.75) is 46.1 Å². The molecule has 0 spiro atoms. The summed E-state index contributed by atoms with van der Waals surface area (Å²) in [5, 5.41) is 5.30. The maximum Gasteiger partial charge on any atom is 0.242 e. The molecule has 0 bridgehead atoms. The van der Waals surface area contributed by atoms with Crippen LogP contribution in [0.3, 0.4) is 0 Å². The standard InChI is InChI=1S/C11H22N2O2/c1-5-6-9(11(15)12-4)13-10(14)7-8(2)3/h8-9H,5-7H2,1-4H3,(H,12,15)(H,13,14). The minimum absolute atomic E-state index is 0.0490. The highest BCUT2D eigenvalue weighted by Crippen LogP contribution is 2.02. The van der Waals surface area contributed by atoms with E-state index < -0.39 is 0 Å². The van der Waals surface area contributed by atoms with Gasteiger partial charge in [-0.3, -0.25) is 9.59 Å². The zero-order chi connectivity index (χ0) is 11.8. The first kappa shape index (κ1) is 13.9. The molecule has 0 heterocycles. The van der Waals surface area contributed by atoms with Gasteiger partial charge in [0.2, 0.25) is 11.8 Å². The van der Waals surface area contributed by atoms with Crippen LogP contribution >= 0.6 is 0 Å². The van der Waals surface area contributed by atoms with Crippen molar-refractivity contribution in [1.82, 2.24) is 10.6 Å². The van der Waals surface area contributed by atoms with Gasteiger partial charge in [0, 0.05) is 13.5 Å². The molecule has 15 heavy (non-hydrogen) atoms. The summed E-state index contributed by atoms with van der Waals surface area (Å²) < 4.78 is 0. The lowest BCUT2D eigenvalue weighted by atomic mass is 10.1. The highest BCUT2D eigenvalue weighted by atomic mass is 16.2. The van der Waals surface area contributed by atoms with Gasteiger partial charge in [0.25, 0.3) is 0 Å². The number of rotatable bonds is 6. The Morgan fingerprint density at radius 1 is 1.27 bits per heavy atom. The summed E-state index contributed by atoms with van der Waals surface area (Å²) >= 11 is 0. The van der Waals surface area contributed by atoms with Gasteiger partial charge < -0.3 is 10.6 Å². The molecule has 2 amide bonds. The maximum absolute atomic E-state index is 11.5. The molecule has 0 aromatic heterocycles. The average molecular weight is 214 g/mol. The van der Waals surface area contributed by atoms with Gasteiger partial charge in [-0.05, 0) is 12.3 Å². The van der Waals surface area contributed by atoms with Crippen molar-refractivity contribution < 1.29 is 9.59 Å². The summed E-state index contributed by atoms with van der Waals surface area (Å²) in [6.45, 7) is 5.95. The molecular formula is C11H22N2O2. The molecule has 4 heteroatoms. The molecule has 0 aliphatic heterocycles. The van der Waals surface area contributed by atoms with Gasteiger partial charge in [-0.15, -0.1) is 0 Å². The summed E-state index contributed by atoms with van der Waals surface area (Å²) in [5.74, 6) is 0.151. The number of hydrogen-bond acceptors (Lipinski definition) is 2. The van der Waals surface area contributed by atoms with Crippen LogP contribution in [0.15, 0.2) is 0 Å². The van der Waals surface area contributed by atoms with E-state index >= 15 is 0 Å². The van der Waals surface area contributed by atoms with E-state index in [9.17, 15) is 9.59 Å². The Kier molecular flexibility index (Phi) is 6.75. The smallest absolute Gasteiger partial charge is 0.242 e. The highest BCUT2D eigenvalue weighted by Gasteiger charge is 2.18. The molecule has 88 valence electrons. The fraction of sp³-hybridized carbons (Fsp3) is 0.818. The topological polar surface area (TPSA) is 58.2 Å². The molecule has 1 unspecified atom stereocenters. The van der Waals surface area contributed by atoms with E-state index in [1.165, 1.54) is 0 Å². The molecule has 2 N–H and O–H groups in total. The first-order valence-corrected chi connectivity index (χ1v) is 5.52. The summed E-state index contributed by atoms with van der Waals surface area (Å²) in [4.78, 5) is 22.9. The summed E-state index contributed by atoms with van der Waals surface area (Å²) in [6.07, 6.45) is 2.03. The summed E-state index contributed by atoms with van der Waals surface area (Å²) in [6, 6.07) is -0.383. The summed E-state index contributed by atoms with van der Waals surface area (Å²) in [5.41, 5.74) is 0. The van der Waals surface area contributed by atoms with Crippen molar-refractivity contribution in [2.75, 3.05) is 7.05 Å². The van der Waals surface area contributed by atoms with Gasteiger partial charge in [-0.25, -0.2) is 0 Å². The third-order valence-electron chi connectivity index (χ3n) is 2.07. The third kappa shape index (κ3) is 6.10. The lowest BCUT2D eigenvalue weighted by molar-refractivity contribution is -0.129. The number of nitrogens with one attached hydrogen (secondary N) is 2. The van der Waals surface area contributed by atoms with Crippen LogP contribution < -0.4 is 10.6 Å². The van der Waals surface area contributed by atoms with E-state index in [0.717, 1.165) is 6.42 Å². The Hall–Kier alpha value is -1.06. The normalized spacial score (nSPS) is 12.3. The fourth-order valence-electron chi connectivity index (χ4n) is 1.36. The minimum Gasteiger partial charge on any atom is -0.357 e. The van der Waals surface area contributed by atoms with Crippen molar-refractivity contribution in [3.05, 3.63) is 0 Å². The monoisotopic (exact) mass is 214 g/mol. The average Bonchev–Trinajstić information content (AvgIpc) is 2.14. The van der Waals surface area contributed by atoms with Crippen molar-refractivity contribution in [3.63, 3.8) is 0 Å². The maximum atomic E-state index is 11.5. The number of likely N-dealkylation sites (N-methyl/N-ethyl adjacent to an activating group) is 1. The zero-order valence-corrected chi connectivity index (χ0v) is 10.1. The van der Waals surface area contributed by atoms with Crippen LogP contribution in [0.1, 0.15) is 40.0 Å². The second-order valence-corrected chi connectivity index (χ2v) is 4.12. The number of hydrogen-bond donors (Lipinski definition) is 2. The van der Waals surface area contributed by atoms with Crippen molar-refractivity contribution in [2.24, 2.45) is 5.92 Å². The predicted octanol–water partition coefficient (Wildman–Crippen LogP) is 1.06. The van der Waals surface area contributed by atoms with Crippen molar-refractivity contribution in [1.29, 1.82) is 0 Å². The molecule has 0 aliphatic carbocycles. The molecule has 1 atom stereocenters. The van der Waals surface area contributed by atoms with Crippen LogP contribution in [0.5, 0.6) is 0 Å². The lowest BCUT2D eigenvalue weighted by Crippen LogP contribution is -2.45.